The maximum atomic E-state index is 11.3. The molecule has 0 saturated carbocycles. The molecule has 6 heteroatoms. The van der Waals surface area contributed by atoms with Crippen LogP contribution in [0, 0.1) is 6.92 Å². The number of ether oxygens (including phenoxy) is 1. The summed E-state index contributed by atoms with van der Waals surface area (Å²) in [7, 11) is 1.65. The van der Waals surface area contributed by atoms with Gasteiger partial charge in [0, 0.05) is 34.9 Å². The predicted molar refractivity (Wildman–Crippen MR) is 101 cm³/mol. The highest BCUT2D eigenvalue weighted by molar-refractivity contribution is 9.11. The highest BCUT2D eigenvalue weighted by atomic mass is 79.9. The number of hydrogen-bond donors (Lipinski definition) is 2. The molecule has 0 spiro atoms. The molecule has 0 saturated heterocycles. The van der Waals surface area contributed by atoms with E-state index < -0.39 is 0 Å². The Kier molecular flexibility index (Phi) is 6.07. The van der Waals surface area contributed by atoms with E-state index in [1.807, 2.05) is 37.3 Å². The second-order valence-electron chi connectivity index (χ2n) is 5.14. The van der Waals surface area contributed by atoms with Crippen LogP contribution < -0.4 is 15.4 Å². The molecule has 0 fully saturated rings. The maximum absolute atomic E-state index is 11.3. The quantitative estimate of drug-likeness (QED) is 0.678. The van der Waals surface area contributed by atoms with Crippen molar-refractivity contribution in [1.82, 2.24) is 0 Å². The van der Waals surface area contributed by atoms with E-state index >= 15 is 0 Å². The zero-order valence-electron chi connectivity index (χ0n) is 13.2. The Labute approximate surface area is 152 Å². The fraction of sp³-hybridized carbons (Fsp3) is 0.235. The Balaban J connectivity index is 2.20. The normalized spacial score (nSPS) is 10.3. The van der Waals surface area contributed by atoms with Crippen LogP contribution in [0.1, 0.15) is 18.1 Å². The van der Waals surface area contributed by atoms with Gasteiger partial charge in [-0.3, -0.25) is 4.79 Å². The van der Waals surface area contributed by atoms with E-state index in [2.05, 4.69) is 42.5 Å². The summed E-state index contributed by atoms with van der Waals surface area (Å²) in [5.74, 6) is 0.720. The van der Waals surface area contributed by atoms with Gasteiger partial charge in [-0.2, -0.15) is 0 Å². The van der Waals surface area contributed by atoms with Crippen LogP contribution >= 0.6 is 31.9 Å². The van der Waals surface area contributed by atoms with Crippen LogP contribution in [0.15, 0.2) is 39.3 Å². The molecule has 0 heterocycles. The molecular weight excluding hydrogens is 424 g/mol. The van der Waals surface area contributed by atoms with E-state index in [0.29, 0.717) is 6.54 Å². The van der Waals surface area contributed by atoms with Crippen molar-refractivity contribution >= 4 is 49.1 Å². The van der Waals surface area contributed by atoms with Crippen LogP contribution in [-0.4, -0.2) is 13.0 Å². The van der Waals surface area contributed by atoms with Crippen LogP contribution in [0.5, 0.6) is 5.75 Å². The fourth-order valence-electron chi connectivity index (χ4n) is 2.23. The molecule has 2 N–H and O–H groups in total. The minimum absolute atomic E-state index is 0.0807. The third kappa shape index (κ3) is 4.72. The van der Waals surface area contributed by atoms with Gasteiger partial charge in [-0.15, -0.1) is 0 Å². The van der Waals surface area contributed by atoms with Crippen molar-refractivity contribution in [2.45, 2.75) is 20.4 Å². The first-order valence-corrected chi connectivity index (χ1v) is 8.63. The van der Waals surface area contributed by atoms with Crippen molar-refractivity contribution in [3.8, 4) is 5.75 Å². The van der Waals surface area contributed by atoms with E-state index in [4.69, 9.17) is 4.74 Å². The number of methoxy groups -OCH3 is 1. The van der Waals surface area contributed by atoms with Crippen LogP contribution in [0.25, 0.3) is 0 Å². The average molecular weight is 442 g/mol. The summed E-state index contributed by atoms with van der Waals surface area (Å²) < 4.78 is 7.32. The van der Waals surface area contributed by atoms with E-state index in [0.717, 1.165) is 37.2 Å². The number of aryl methyl sites for hydroxylation is 1. The van der Waals surface area contributed by atoms with Gasteiger partial charge in [0.25, 0.3) is 0 Å². The number of carbonyl (C=O) groups is 1. The summed E-state index contributed by atoms with van der Waals surface area (Å²) in [6.45, 7) is 4.07. The molecular formula is C17H18Br2N2O2. The highest BCUT2D eigenvalue weighted by Crippen LogP contribution is 2.33. The van der Waals surface area contributed by atoms with Gasteiger partial charge in [0.1, 0.15) is 5.75 Å². The molecule has 0 aliphatic carbocycles. The van der Waals surface area contributed by atoms with Crippen LogP contribution in [0.3, 0.4) is 0 Å². The van der Waals surface area contributed by atoms with Crippen LogP contribution in [-0.2, 0) is 11.3 Å². The zero-order valence-corrected chi connectivity index (χ0v) is 16.3. The van der Waals surface area contributed by atoms with Crippen molar-refractivity contribution in [2.24, 2.45) is 0 Å². The molecule has 0 unspecified atom stereocenters. The molecule has 0 bridgehead atoms. The largest absolute Gasteiger partial charge is 0.495 e. The molecule has 0 aromatic heterocycles. The number of nitrogens with one attached hydrogen (secondary N) is 2. The Hall–Kier alpha value is -1.53. The first kappa shape index (κ1) is 17.8. The first-order valence-electron chi connectivity index (χ1n) is 7.04. The lowest BCUT2D eigenvalue weighted by Gasteiger charge is -2.14. The lowest BCUT2D eigenvalue weighted by Crippen LogP contribution is -2.08. The molecule has 0 atom stereocenters. The number of hydrogen-bond acceptors (Lipinski definition) is 3. The van der Waals surface area contributed by atoms with Gasteiger partial charge in [-0.1, -0.05) is 22.0 Å². The molecule has 23 heavy (non-hydrogen) atoms. The van der Waals surface area contributed by atoms with E-state index in [-0.39, 0.29) is 5.91 Å². The third-order valence-electron chi connectivity index (χ3n) is 3.32. The SMILES string of the molecule is COc1c(Br)cc(Br)cc1CNc1ccc(C)c(NC(C)=O)c1. The molecule has 4 nitrogen and oxygen atoms in total. The number of anilines is 2. The zero-order chi connectivity index (χ0) is 17.0. The third-order valence-corrected chi connectivity index (χ3v) is 4.37. The number of amides is 1. The van der Waals surface area contributed by atoms with Crippen LogP contribution in [0.4, 0.5) is 11.4 Å². The van der Waals surface area contributed by atoms with Gasteiger partial charge >= 0.3 is 0 Å². The Morgan fingerprint density at radius 3 is 2.61 bits per heavy atom. The summed E-state index contributed by atoms with van der Waals surface area (Å²) in [4.78, 5) is 11.3. The van der Waals surface area contributed by atoms with Gasteiger partial charge in [0.05, 0.1) is 11.6 Å². The summed E-state index contributed by atoms with van der Waals surface area (Å²) in [5, 5.41) is 6.19. The molecule has 0 radical (unpaired) electrons. The minimum Gasteiger partial charge on any atom is -0.495 e. The fourth-order valence-corrected chi connectivity index (χ4v) is 3.70. The number of carbonyl (C=O) groups excluding carboxylic acids is 1. The lowest BCUT2D eigenvalue weighted by molar-refractivity contribution is -0.114. The van der Waals surface area contributed by atoms with E-state index in [1.165, 1.54) is 6.92 Å². The second kappa shape index (κ2) is 7.84. The average Bonchev–Trinajstić information content (AvgIpc) is 2.47. The Morgan fingerprint density at radius 2 is 1.96 bits per heavy atom. The Morgan fingerprint density at radius 1 is 1.22 bits per heavy atom. The number of benzene rings is 2. The maximum Gasteiger partial charge on any atom is 0.221 e. The van der Waals surface area contributed by atoms with Crippen molar-refractivity contribution < 1.29 is 9.53 Å². The summed E-state index contributed by atoms with van der Waals surface area (Å²) in [6.07, 6.45) is 0. The van der Waals surface area contributed by atoms with E-state index in [9.17, 15) is 4.79 Å². The van der Waals surface area contributed by atoms with Crippen molar-refractivity contribution in [2.75, 3.05) is 17.7 Å². The van der Waals surface area contributed by atoms with Gasteiger partial charge < -0.3 is 15.4 Å². The second-order valence-corrected chi connectivity index (χ2v) is 6.91. The van der Waals surface area contributed by atoms with Gasteiger partial charge in [-0.25, -0.2) is 0 Å². The molecule has 0 aliphatic rings. The topological polar surface area (TPSA) is 50.4 Å². The molecule has 0 aliphatic heterocycles. The lowest BCUT2D eigenvalue weighted by atomic mass is 10.1. The summed E-state index contributed by atoms with van der Waals surface area (Å²) >= 11 is 6.99. The smallest absolute Gasteiger partial charge is 0.221 e. The first-order chi connectivity index (χ1) is 10.9. The predicted octanol–water partition coefficient (Wildman–Crippen LogP) is 5.10. The van der Waals surface area contributed by atoms with Gasteiger partial charge in [0.15, 0.2) is 0 Å². The molecule has 2 aromatic rings. The number of halogens is 2. The van der Waals surface area contributed by atoms with E-state index in [1.54, 1.807) is 7.11 Å². The molecule has 122 valence electrons. The Bertz CT molecular complexity index is 733. The molecule has 2 aromatic carbocycles. The highest BCUT2D eigenvalue weighted by Gasteiger charge is 2.10. The summed E-state index contributed by atoms with van der Waals surface area (Å²) in [6, 6.07) is 9.85. The van der Waals surface area contributed by atoms with Gasteiger partial charge in [0.2, 0.25) is 5.91 Å². The minimum atomic E-state index is -0.0807. The molecule has 2 rings (SSSR count). The van der Waals surface area contributed by atoms with Crippen molar-refractivity contribution in [1.29, 1.82) is 0 Å². The van der Waals surface area contributed by atoms with Crippen LogP contribution in [0.2, 0.25) is 0 Å². The van der Waals surface area contributed by atoms with Crippen molar-refractivity contribution in [3.05, 3.63) is 50.4 Å². The summed E-state index contributed by atoms with van der Waals surface area (Å²) in [5.41, 5.74) is 3.78. The monoisotopic (exact) mass is 440 g/mol. The van der Waals surface area contributed by atoms with Gasteiger partial charge in [-0.05, 0) is 52.7 Å². The molecule has 1 amide bonds. The number of rotatable bonds is 5. The van der Waals surface area contributed by atoms with Crippen molar-refractivity contribution in [3.63, 3.8) is 0 Å². The standard InChI is InChI=1S/C17H18Br2N2O2/c1-10-4-5-14(8-16(10)21-11(2)22)20-9-12-6-13(18)7-15(19)17(12)23-3/h4-8,20H,9H2,1-3H3,(H,21,22).